The van der Waals surface area contributed by atoms with E-state index >= 15 is 0 Å². The number of H-pyrrole nitrogens is 2. The maximum Gasteiger partial charge on any atom is 0.289 e. The number of hydrogen-bond donors (Lipinski definition) is 3. The van der Waals surface area contributed by atoms with Crippen LogP contribution < -0.4 is 17.4 Å². The predicted octanol–water partition coefficient (Wildman–Crippen LogP) is -1.45. The van der Waals surface area contributed by atoms with Gasteiger partial charge in [-0.15, -0.1) is 0 Å². The number of fused-ring (bicyclic) bond motifs is 1. The van der Waals surface area contributed by atoms with Crippen LogP contribution >= 0.6 is 0 Å². The molecule has 0 aliphatic carbocycles. The minimum Gasteiger partial charge on any atom is -1.00 e. The second kappa shape index (κ2) is 5.48. The lowest BCUT2D eigenvalue weighted by Crippen LogP contribution is -3.00. The number of aryl methyl sites for hydroxylation is 1. The van der Waals surface area contributed by atoms with Gasteiger partial charge < -0.3 is 22.6 Å². The van der Waals surface area contributed by atoms with Gasteiger partial charge in [-0.3, -0.25) is 4.98 Å². The second-order valence-corrected chi connectivity index (χ2v) is 4.42. The minimum absolute atomic E-state index is 0. The van der Waals surface area contributed by atoms with Crippen molar-refractivity contribution < 1.29 is 27.6 Å². The molecule has 0 atom stereocenters. The van der Waals surface area contributed by atoms with Gasteiger partial charge in [0.25, 0.3) is 5.82 Å². The average molecular weight is 292 g/mol. The van der Waals surface area contributed by atoms with Crippen LogP contribution in [0.25, 0.3) is 22.4 Å². The molecule has 3 rings (SSSR count). The predicted molar refractivity (Wildman–Crippen MR) is 70.4 cm³/mol. The quantitative estimate of drug-likeness (QED) is 0.540. The van der Waals surface area contributed by atoms with Crippen molar-refractivity contribution in [3.05, 3.63) is 41.7 Å². The van der Waals surface area contributed by atoms with E-state index in [4.69, 9.17) is 0 Å². The summed E-state index contributed by atoms with van der Waals surface area (Å²) in [5, 5.41) is 19.6. The number of halogens is 1. The van der Waals surface area contributed by atoms with Crippen molar-refractivity contribution in [3.8, 4) is 17.1 Å². The number of imidazole rings is 1. The van der Waals surface area contributed by atoms with Gasteiger partial charge >= 0.3 is 0 Å². The molecule has 0 fully saturated rings. The summed E-state index contributed by atoms with van der Waals surface area (Å²) in [5.74, 6) is 0.739. The standard InChI is InChI=1S/C14H13N3O2.ClH/c1-8-13(19)12(9(7-18)6-15-8)14-16-10-4-2-3-5-11(10)17-14;/h2-6,18-19H,7H2,1H3,(H,16,17);1H. The number of hydrogen-bond acceptors (Lipinski definition) is 3. The number of aromatic nitrogens is 3. The molecule has 4 N–H and O–H groups in total. The van der Waals surface area contributed by atoms with Gasteiger partial charge in [0.05, 0.1) is 12.3 Å². The molecule has 0 unspecified atom stereocenters. The molecule has 0 aliphatic rings. The summed E-state index contributed by atoms with van der Waals surface area (Å²) in [7, 11) is 0. The Morgan fingerprint density at radius 1 is 1.30 bits per heavy atom. The van der Waals surface area contributed by atoms with Gasteiger partial charge in [0, 0.05) is 11.8 Å². The zero-order valence-electron chi connectivity index (χ0n) is 10.8. The van der Waals surface area contributed by atoms with Gasteiger partial charge in [-0.05, 0) is 19.1 Å². The Morgan fingerprint density at radius 2 is 2.05 bits per heavy atom. The van der Waals surface area contributed by atoms with Crippen LogP contribution in [0.3, 0.4) is 0 Å². The third-order valence-corrected chi connectivity index (χ3v) is 3.18. The normalized spacial score (nSPS) is 10.5. The zero-order chi connectivity index (χ0) is 13.4. The van der Waals surface area contributed by atoms with Gasteiger partial charge in [0.15, 0.2) is 16.8 Å². The smallest absolute Gasteiger partial charge is 0.289 e. The van der Waals surface area contributed by atoms with Crippen LogP contribution in [-0.4, -0.2) is 20.2 Å². The molecule has 0 amide bonds. The first-order chi connectivity index (χ1) is 9.20. The highest BCUT2D eigenvalue weighted by atomic mass is 35.5. The van der Waals surface area contributed by atoms with E-state index < -0.39 is 0 Å². The summed E-state index contributed by atoms with van der Waals surface area (Å²) in [6.07, 6.45) is 1.57. The van der Waals surface area contributed by atoms with Gasteiger partial charge in [0.2, 0.25) is 0 Å². The highest BCUT2D eigenvalue weighted by Gasteiger charge is 2.21. The van der Waals surface area contributed by atoms with Crippen molar-refractivity contribution >= 4 is 11.0 Å². The van der Waals surface area contributed by atoms with Gasteiger partial charge in [-0.1, -0.05) is 12.1 Å². The third-order valence-electron chi connectivity index (χ3n) is 3.18. The number of benzene rings is 1. The Morgan fingerprint density at radius 3 is 2.75 bits per heavy atom. The van der Waals surface area contributed by atoms with Gasteiger partial charge in [-0.2, -0.15) is 0 Å². The molecular formula is C14H14ClN3O2. The maximum atomic E-state index is 10.2. The Labute approximate surface area is 121 Å². The average Bonchev–Trinajstić information content (AvgIpc) is 2.84. The third kappa shape index (κ3) is 2.21. The lowest BCUT2D eigenvalue weighted by molar-refractivity contribution is -0.330. The van der Waals surface area contributed by atoms with Gasteiger partial charge in [0.1, 0.15) is 5.56 Å². The first-order valence-corrected chi connectivity index (χ1v) is 5.99. The zero-order valence-corrected chi connectivity index (χ0v) is 11.6. The van der Waals surface area contributed by atoms with E-state index in [1.54, 1.807) is 13.1 Å². The summed E-state index contributed by atoms with van der Waals surface area (Å²) in [6.45, 7) is 1.54. The molecule has 0 radical (unpaired) electrons. The molecule has 0 aliphatic heterocycles. The number of para-hydroxylation sites is 2. The fraction of sp³-hybridized carbons (Fsp3) is 0.143. The lowest BCUT2D eigenvalue weighted by atomic mass is 10.1. The van der Waals surface area contributed by atoms with Crippen molar-refractivity contribution in [2.75, 3.05) is 0 Å². The molecule has 0 saturated heterocycles. The molecule has 2 heterocycles. The van der Waals surface area contributed by atoms with E-state index in [9.17, 15) is 10.2 Å². The van der Waals surface area contributed by atoms with Crippen LogP contribution in [0.5, 0.6) is 5.75 Å². The number of nitrogens with one attached hydrogen (secondary N) is 2. The highest BCUT2D eigenvalue weighted by molar-refractivity contribution is 5.76. The van der Waals surface area contributed by atoms with Crippen molar-refractivity contribution in [2.45, 2.75) is 13.5 Å². The van der Waals surface area contributed by atoms with Crippen molar-refractivity contribution in [2.24, 2.45) is 0 Å². The number of nitrogens with zero attached hydrogens (tertiary/aromatic N) is 1. The largest absolute Gasteiger partial charge is 1.00 e. The Balaban J connectivity index is 0.00000147. The van der Waals surface area contributed by atoms with Crippen molar-refractivity contribution in [3.63, 3.8) is 0 Å². The molecule has 20 heavy (non-hydrogen) atoms. The second-order valence-electron chi connectivity index (χ2n) is 4.42. The Hall–Kier alpha value is -2.11. The molecule has 0 saturated carbocycles. The Kier molecular flexibility index (Phi) is 3.92. The molecule has 104 valence electrons. The molecular weight excluding hydrogens is 278 g/mol. The molecule has 3 aromatic rings. The summed E-state index contributed by atoms with van der Waals surface area (Å²) >= 11 is 0. The number of aromatic hydroxyl groups is 1. The van der Waals surface area contributed by atoms with E-state index in [2.05, 4.69) is 15.0 Å². The highest BCUT2D eigenvalue weighted by Crippen LogP contribution is 2.31. The van der Waals surface area contributed by atoms with E-state index in [-0.39, 0.29) is 24.8 Å². The molecule has 5 nitrogen and oxygen atoms in total. The lowest BCUT2D eigenvalue weighted by Gasteiger charge is -2.06. The van der Waals surface area contributed by atoms with Crippen LogP contribution in [-0.2, 0) is 6.61 Å². The minimum atomic E-state index is -0.181. The van der Waals surface area contributed by atoms with E-state index in [1.165, 1.54) is 0 Å². The number of pyridine rings is 1. The van der Waals surface area contributed by atoms with Crippen LogP contribution in [0.2, 0.25) is 0 Å². The summed E-state index contributed by atoms with van der Waals surface area (Å²) in [4.78, 5) is 10.5. The fourth-order valence-electron chi connectivity index (χ4n) is 2.16. The molecule has 6 heteroatoms. The summed E-state index contributed by atoms with van der Waals surface area (Å²) in [6, 6.07) is 7.75. The van der Waals surface area contributed by atoms with Crippen LogP contribution in [0.15, 0.2) is 30.5 Å². The van der Waals surface area contributed by atoms with Crippen LogP contribution in [0.4, 0.5) is 0 Å². The number of aromatic amines is 2. The van der Waals surface area contributed by atoms with E-state index in [1.807, 2.05) is 24.3 Å². The Bertz CT molecular complexity index is 722. The van der Waals surface area contributed by atoms with E-state index in [0.717, 1.165) is 11.0 Å². The van der Waals surface area contributed by atoms with E-state index in [0.29, 0.717) is 22.6 Å². The fourth-order valence-corrected chi connectivity index (χ4v) is 2.16. The van der Waals surface area contributed by atoms with Crippen molar-refractivity contribution in [1.29, 1.82) is 0 Å². The molecule has 1 aromatic carbocycles. The monoisotopic (exact) mass is 291 g/mol. The molecule has 2 aromatic heterocycles. The first kappa shape index (κ1) is 14.3. The topological polar surface area (TPSA) is 83.3 Å². The maximum absolute atomic E-state index is 10.2. The summed E-state index contributed by atoms with van der Waals surface area (Å²) in [5.41, 5.74) is 3.54. The number of rotatable bonds is 2. The van der Waals surface area contributed by atoms with Crippen LogP contribution in [0, 0.1) is 6.92 Å². The summed E-state index contributed by atoms with van der Waals surface area (Å²) < 4.78 is 0. The number of aliphatic hydroxyl groups excluding tert-OH is 1. The first-order valence-electron chi connectivity index (χ1n) is 5.99. The SMILES string of the molecule is Cc1ncc(CO)c(-c2[nH]c3ccccc3[nH+]2)c1O.[Cl-]. The molecule has 0 spiro atoms. The van der Waals surface area contributed by atoms with Gasteiger partial charge in [-0.25, -0.2) is 9.97 Å². The number of aliphatic hydroxyl groups is 1. The van der Waals surface area contributed by atoms with Crippen molar-refractivity contribution in [1.82, 2.24) is 9.97 Å². The molecule has 0 bridgehead atoms. The van der Waals surface area contributed by atoms with Crippen LogP contribution in [0.1, 0.15) is 11.3 Å².